The molecule has 1 aromatic carbocycles. The quantitative estimate of drug-likeness (QED) is 0.475. The van der Waals surface area contributed by atoms with Crippen LogP contribution in [0.4, 0.5) is 0 Å². The van der Waals surface area contributed by atoms with E-state index in [2.05, 4.69) is 66.4 Å². The van der Waals surface area contributed by atoms with Gasteiger partial charge in [0.25, 0.3) is 0 Å². The van der Waals surface area contributed by atoms with Crippen LogP contribution in [0.1, 0.15) is 38.3 Å². The van der Waals surface area contributed by atoms with Gasteiger partial charge in [0, 0.05) is 44.3 Å². The van der Waals surface area contributed by atoms with Gasteiger partial charge in [-0.2, -0.15) is 0 Å². The fourth-order valence-corrected chi connectivity index (χ4v) is 3.48. The van der Waals surface area contributed by atoms with E-state index in [1.807, 2.05) is 7.05 Å². The summed E-state index contributed by atoms with van der Waals surface area (Å²) in [7, 11) is 1.81. The van der Waals surface area contributed by atoms with Crippen LogP contribution in [0.15, 0.2) is 23.2 Å². The van der Waals surface area contributed by atoms with E-state index in [0.29, 0.717) is 25.1 Å². The van der Waals surface area contributed by atoms with Crippen molar-refractivity contribution < 1.29 is 9.47 Å². The van der Waals surface area contributed by atoms with Crippen LogP contribution in [0, 0.1) is 12.8 Å². The lowest BCUT2D eigenvalue weighted by Gasteiger charge is -2.27. The fraction of sp³-hybridized carbons (Fsp3) is 0.682. The van der Waals surface area contributed by atoms with Crippen molar-refractivity contribution in [2.24, 2.45) is 10.9 Å². The van der Waals surface area contributed by atoms with Gasteiger partial charge in [-0.15, -0.1) is 0 Å². The topological polar surface area (TPSA) is 58.1 Å². The lowest BCUT2D eigenvalue weighted by Crippen LogP contribution is -2.45. The third-order valence-corrected chi connectivity index (χ3v) is 5.39. The Hall–Kier alpha value is -1.79. The number of likely N-dealkylation sites (N-methyl/N-ethyl adjacent to an activating group) is 1. The number of ether oxygens (including phenoxy) is 2. The van der Waals surface area contributed by atoms with E-state index in [9.17, 15) is 0 Å². The highest BCUT2D eigenvalue weighted by Crippen LogP contribution is 2.22. The van der Waals surface area contributed by atoms with Gasteiger partial charge in [-0.1, -0.05) is 26.0 Å². The van der Waals surface area contributed by atoms with Crippen LogP contribution in [0.25, 0.3) is 0 Å². The minimum Gasteiger partial charge on any atom is -0.493 e. The highest BCUT2D eigenvalue weighted by molar-refractivity contribution is 5.79. The summed E-state index contributed by atoms with van der Waals surface area (Å²) < 4.78 is 11.6. The summed E-state index contributed by atoms with van der Waals surface area (Å²) in [5.41, 5.74) is 2.35. The molecular weight excluding hydrogens is 352 g/mol. The molecule has 0 radical (unpaired) electrons. The molecule has 2 rings (SSSR count). The summed E-state index contributed by atoms with van der Waals surface area (Å²) in [6.07, 6.45) is 1.08. The van der Waals surface area contributed by atoms with E-state index in [4.69, 9.17) is 9.47 Å². The minimum atomic E-state index is 0.459. The Balaban J connectivity index is 1.88. The van der Waals surface area contributed by atoms with Gasteiger partial charge in [-0.25, -0.2) is 0 Å². The van der Waals surface area contributed by atoms with Crippen LogP contribution in [-0.4, -0.2) is 63.4 Å². The lowest BCUT2D eigenvalue weighted by molar-refractivity contribution is 0.166. The second-order valence-electron chi connectivity index (χ2n) is 7.53. The summed E-state index contributed by atoms with van der Waals surface area (Å²) in [4.78, 5) is 6.79. The van der Waals surface area contributed by atoms with Gasteiger partial charge in [-0.3, -0.25) is 9.89 Å². The largest absolute Gasteiger partial charge is 0.493 e. The Kier molecular flexibility index (Phi) is 9.58. The molecule has 1 aliphatic heterocycles. The molecule has 0 aliphatic carbocycles. The molecule has 0 aromatic heterocycles. The van der Waals surface area contributed by atoms with Gasteiger partial charge < -0.3 is 20.1 Å². The average molecular weight is 391 g/mol. The van der Waals surface area contributed by atoms with Gasteiger partial charge in [0.2, 0.25) is 0 Å². The van der Waals surface area contributed by atoms with Crippen molar-refractivity contribution in [1.82, 2.24) is 15.5 Å². The number of aliphatic imine (C=N–C) groups is 1. The Morgan fingerprint density at radius 2 is 2.11 bits per heavy atom. The number of benzene rings is 1. The summed E-state index contributed by atoms with van der Waals surface area (Å²) in [6.45, 7) is 14.8. The van der Waals surface area contributed by atoms with Crippen LogP contribution in [0.3, 0.4) is 0 Å². The molecule has 0 saturated carbocycles. The molecule has 6 nitrogen and oxygen atoms in total. The van der Waals surface area contributed by atoms with Crippen molar-refractivity contribution in [3.05, 3.63) is 29.3 Å². The first-order valence-corrected chi connectivity index (χ1v) is 10.6. The van der Waals surface area contributed by atoms with Gasteiger partial charge >= 0.3 is 0 Å². The van der Waals surface area contributed by atoms with Gasteiger partial charge in [0.15, 0.2) is 5.96 Å². The molecule has 1 heterocycles. The Bertz CT molecular complexity index is 611. The van der Waals surface area contributed by atoms with E-state index >= 15 is 0 Å². The zero-order valence-electron chi connectivity index (χ0n) is 18.3. The maximum Gasteiger partial charge on any atom is 0.191 e. The summed E-state index contributed by atoms with van der Waals surface area (Å²) >= 11 is 0. The SMILES string of the molecule is CCN(CC)C(C)CNC(=NC)NCc1ccc(C)cc1OCC1CCOC1. The smallest absolute Gasteiger partial charge is 0.191 e. The summed E-state index contributed by atoms with van der Waals surface area (Å²) in [5, 5.41) is 6.86. The number of hydrogen-bond donors (Lipinski definition) is 2. The third kappa shape index (κ3) is 6.99. The van der Waals surface area contributed by atoms with Gasteiger partial charge in [-0.05, 0) is 45.0 Å². The van der Waals surface area contributed by atoms with Crippen LogP contribution in [0.5, 0.6) is 5.75 Å². The maximum atomic E-state index is 6.14. The zero-order chi connectivity index (χ0) is 20.4. The summed E-state index contributed by atoms with van der Waals surface area (Å²) in [6, 6.07) is 6.84. The predicted octanol–water partition coefficient (Wildman–Crippen LogP) is 2.81. The molecule has 1 saturated heterocycles. The van der Waals surface area contributed by atoms with Crippen LogP contribution in [0.2, 0.25) is 0 Å². The maximum absolute atomic E-state index is 6.14. The molecule has 1 aromatic rings. The minimum absolute atomic E-state index is 0.459. The molecule has 2 atom stereocenters. The highest BCUT2D eigenvalue weighted by atomic mass is 16.5. The Labute approximate surface area is 170 Å². The number of rotatable bonds is 10. The molecule has 0 bridgehead atoms. The number of guanidine groups is 1. The molecule has 6 heteroatoms. The van der Waals surface area contributed by atoms with Crippen molar-refractivity contribution in [1.29, 1.82) is 0 Å². The molecule has 1 aliphatic rings. The number of nitrogens with zero attached hydrogens (tertiary/aromatic N) is 2. The molecule has 158 valence electrons. The Morgan fingerprint density at radius 1 is 1.32 bits per heavy atom. The molecule has 28 heavy (non-hydrogen) atoms. The monoisotopic (exact) mass is 390 g/mol. The van der Waals surface area contributed by atoms with Gasteiger partial charge in [0.05, 0.1) is 13.2 Å². The number of hydrogen-bond acceptors (Lipinski definition) is 4. The van der Waals surface area contributed by atoms with Crippen molar-refractivity contribution in [3.8, 4) is 5.75 Å². The predicted molar refractivity (Wildman–Crippen MR) is 116 cm³/mol. The van der Waals surface area contributed by atoms with E-state index in [-0.39, 0.29) is 0 Å². The molecule has 0 amide bonds. The van der Waals surface area contributed by atoms with E-state index in [1.165, 1.54) is 5.56 Å². The fourth-order valence-electron chi connectivity index (χ4n) is 3.48. The van der Waals surface area contributed by atoms with Crippen LogP contribution < -0.4 is 15.4 Å². The normalized spacial score (nSPS) is 18.4. The van der Waals surface area contributed by atoms with Gasteiger partial charge in [0.1, 0.15) is 5.75 Å². The first-order chi connectivity index (χ1) is 13.6. The van der Waals surface area contributed by atoms with Crippen LogP contribution in [-0.2, 0) is 11.3 Å². The van der Waals surface area contributed by atoms with E-state index in [0.717, 1.165) is 56.5 Å². The molecule has 0 spiro atoms. The highest BCUT2D eigenvalue weighted by Gasteiger charge is 2.17. The molecule has 1 fully saturated rings. The second-order valence-corrected chi connectivity index (χ2v) is 7.53. The van der Waals surface area contributed by atoms with Crippen molar-refractivity contribution in [2.45, 2.75) is 46.7 Å². The van der Waals surface area contributed by atoms with Crippen molar-refractivity contribution in [3.63, 3.8) is 0 Å². The molecular formula is C22H38N4O2. The van der Waals surface area contributed by atoms with Crippen molar-refractivity contribution >= 4 is 5.96 Å². The molecule has 2 N–H and O–H groups in total. The summed E-state index contributed by atoms with van der Waals surface area (Å²) in [5.74, 6) is 2.26. The van der Waals surface area contributed by atoms with E-state index < -0.39 is 0 Å². The molecule has 2 unspecified atom stereocenters. The Morgan fingerprint density at radius 3 is 2.75 bits per heavy atom. The second kappa shape index (κ2) is 11.9. The third-order valence-electron chi connectivity index (χ3n) is 5.39. The number of nitrogens with one attached hydrogen (secondary N) is 2. The first kappa shape index (κ1) is 22.5. The standard InChI is InChI=1S/C22H38N4O2/c1-6-26(7-2)18(4)13-24-22(23-5)25-14-20-9-8-17(3)12-21(20)28-16-19-10-11-27-15-19/h8-9,12,18-19H,6-7,10-11,13-16H2,1-5H3,(H2,23,24,25). The average Bonchev–Trinajstić information content (AvgIpc) is 3.22. The lowest BCUT2D eigenvalue weighted by atomic mass is 10.1. The van der Waals surface area contributed by atoms with Crippen LogP contribution >= 0.6 is 0 Å². The number of aryl methyl sites for hydroxylation is 1. The van der Waals surface area contributed by atoms with E-state index in [1.54, 1.807) is 0 Å². The first-order valence-electron chi connectivity index (χ1n) is 10.6. The van der Waals surface area contributed by atoms with Crippen molar-refractivity contribution in [2.75, 3.05) is 46.5 Å². The zero-order valence-corrected chi connectivity index (χ0v) is 18.3.